The first-order valence-electron chi connectivity index (χ1n) is 9.02. The van der Waals surface area contributed by atoms with Gasteiger partial charge in [0.15, 0.2) is 0 Å². The average Bonchev–Trinajstić information content (AvgIpc) is 3.00. The maximum atomic E-state index is 12.4. The fourth-order valence-electron chi connectivity index (χ4n) is 3.45. The lowest BCUT2D eigenvalue weighted by Gasteiger charge is -2.21. The van der Waals surface area contributed by atoms with E-state index in [1.807, 2.05) is 32.4 Å². The van der Waals surface area contributed by atoms with Gasteiger partial charge in [0.05, 0.1) is 11.9 Å². The van der Waals surface area contributed by atoms with Crippen molar-refractivity contribution < 1.29 is 4.79 Å². The van der Waals surface area contributed by atoms with E-state index in [9.17, 15) is 4.79 Å². The van der Waals surface area contributed by atoms with Crippen molar-refractivity contribution in [3.05, 3.63) is 42.5 Å². The van der Waals surface area contributed by atoms with Gasteiger partial charge in [0.1, 0.15) is 11.6 Å². The molecule has 0 unspecified atom stereocenters. The molecular formula is C20H23N5O. The highest BCUT2D eigenvalue weighted by Crippen LogP contribution is 2.26. The molecular weight excluding hydrogens is 326 g/mol. The quantitative estimate of drug-likeness (QED) is 0.763. The number of imidazole rings is 1. The Labute approximate surface area is 152 Å². The Kier molecular flexibility index (Phi) is 4.42. The number of piperidine rings is 1. The second-order valence-corrected chi connectivity index (χ2v) is 6.89. The molecule has 3 aromatic rings. The van der Waals surface area contributed by atoms with Crippen molar-refractivity contribution in [2.45, 2.75) is 19.8 Å². The predicted octanol–water partition coefficient (Wildman–Crippen LogP) is 2.88. The third kappa shape index (κ3) is 3.20. The molecule has 2 N–H and O–H groups in total. The van der Waals surface area contributed by atoms with Gasteiger partial charge in [0.2, 0.25) is 5.91 Å². The SMILES string of the molecule is Cc1ncc(-c2ccc3cnc(NC(=O)C4CCNCC4)cc3c2)n1C. The molecule has 1 aromatic carbocycles. The van der Waals surface area contributed by atoms with Crippen LogP contribution in [-0.2, 0) is 11.8 Å². The van der Waals surface area contributed by atoms with Crippen LogP contribution < -0.4 is 10.6 Å². The number of fused-ring (bicyclic) bond motifs is 1. The van der Waals surface area contributed by atoms with Crippen molar-refractivity contribution in [3.63, 3.8) is 0 Å². The number of rotatable bonds is 3. The number of carbonyl (C=O) groups is 1. The van der Waals surface area contributed by atoms with Crippen LogP contribution in [0, 0.1) is 12.8 Å². The molecule has 134 valence electrons. The van der Waals surface area contributed by atoms with Crippen LogP contribution in [-0.4, -0.2) is 33.5 Å². The van der Waals surface area contributed by atoms with E-state index < -0.39 is 0 Å². The Morgan fingerprint density at radius 3 is 2.69 bits per heavy atom. The molecule has 3 heterocycles. The number of carbonyl (C=O) groups excluding carboxylic acids is 1. The predicted molar refractivity (Wildman–Crippen MR) is 103 cm³/mol. The van der Waals surface area contributed by atoms with Gasteiger partial charge in [-0.25, -0.2) is 9.97 Å². The van der Waals surface area contributed by atoms with Crippen LogP contribution in [0.4, 0.5) is 5.82 Å². The highest BCUT2D eigenvalue weighted by Gasteiger charge is 2.21. The van der Waals surface area contributed by atoms with E-state index in [-0.39, 0.29) is 11.8 Å². The normalized spacial score (nSPS) is 15.3. The molecule has 2 aromatic heterocycles. The molecule has 26 heavy (non-hydrogen) atoms. The standard InChI is InChI=1S/C20H23N5O/c1-13-22-12-18(25(13)2)15-3-4-16-11-23-19(10-17(16)9-15)24-20(26)14-5-7-21-8-6-14/h3-4,9-12,14,21H,5-8H2,1-2H3,(H,23,24,26). The molecule has 6 heteroatoms. The van der Waals surface area contributed by atoms with Gasteiger partial charge in [0, 0.05) is 30.1 Å². The second-order valence-electron chi connectivity index (χ2n) is 6.89. The van der Waals surface area contributed by atoms with E-state index >= 15 is 0 Å². The molecule has 0 bridgehead atoms. The Morgan fingerprint density at radius 2 is 1.96 bits per heavy atom. The third-order valence-electron chi connectivity index (χ3n) is 5.20. The zero-order valence-corrected chi connectivity index (χ0v) is 15.1. The van der Waals surface area contributed by atoms with Crippen molar-refractivity contribution in [1.82, 2.24) is 19.9 Å². The van der Waals surface area contributed by atoms with E-state index in [0.29, 0.717) is 5.82 Å². The van der Waals surface area contributed by atoms with Crippen molar-refractivity contribution in [3.8, 4) is 11.3 Å². The largest absolute Gasteiger partial charge is 0.331 e. The number of nitrogens with one attached hydrogen (secondary N) is 2. The van der Waals surface area contributed by atoms with Crippen molar-refractivity contribution in [1.29, 1.82) is 0 Å². The zero-order chi connectivity index (χ0) is 18.1. The Hall–Kier alpha value is -2.73. The van der Waals surface area contributed by atoms with Gasteiger partial charge in [-0.3, -0.25) is 4.79 Å². The summed E-state index contributed by atoms with van der Waals surface area (Å²) in [7, 11) is 2.01. The van der Waals surface area contributed by atoms with Crippen LogP contribution in [0.5, 0.6) is 0 Å². The van der Waals surface area contributed by atoms with Gasteiger partial charge in [-0.1, -0.05) is 12.1 Å². The van der Waals surface area contributed by atoms with Crippen molar-refractivity contribution in [2.75, 3.05) is 18.4 Å². The summed E-state index contributed by atoms with van der Waals surface area (Å²) >= 11 is 0. The molecule has 1 saturated heterocycles. The van der Waals surface area contributed by atoms with Crippen LogP contribution in [0.2, 0.25) is 0 Å². The molecule has 0 radical (unpaired) electrons. The number of hydrogen-bond acceptors (Lipinski definition) is 4. The van der Waals surface area contributed by atoms with Gasteiger partial charge in [-0.15, -0.1) is 0 Å². The Morgan fingerprint density at radius 1 is 1.15 bits per heavy atom. The maximum absolute atomic E-state index is 12.4. The van der Waals surface area contributed by atoms with Crippen molar-refractivity contribution in [2.24, 2.45) is 13.0 Å². The van der Waals surface area contributed by atoms with E-state index in [1.54, 1.807) is 0 Å². The number of nitrogens with zero attached hydrogens (tertiary/aromatic N) is 3. The summed E-state index contributed by atoms with van der Waals surface area (Å²) in [6, 6.07) is 8.20. The molecule has 1 fully saturated rings. The number of amides is 1. The van der Waals surface area contributed by atoms with E-state index in [4.69, 9.17) is 0 Å². The smallest absolute Gasteiger partial charge is 0.228 e. The Bertz CT molecular complexity index is 956. The molecule has 0 atom stereocenters. The number of aromatic nitrogens is 3. The minimum atomic E-state index is 0.0664. The molecule has 4 rings (SSSR count). The highest BCUT2D eigenvalue weighted by atomic mass is 16.1. The average molecular weight is 349 g/mol. The van der Waals surface area contributed by atoms with Crippen LogP contribution in [0.3, 0.4) is 0 Å². The Balaban J connectivity index is 1.61. The first-order chi connectivity index (χ1) is 12.6. The van der Waals surface area contributed by atoms with Gasteiger partial charge in [0.25, 0.3) is 0 Å². The summed E-state index contributed by atoms with van der Waals surface area (Å²) in [6.07, 6.45) is 5.45. The van der Waals surface area contributed by atoms with Crippen LogP contribution >= 0.6 is 0 Å². The van der Waals surface area contributed by atoms with Gasteiger partial charge in [-0.2, -0.15) is 0 Å². The van der Waals surface area contributed by atoms with Crippen molar-refractivity contribution >= 4 is 22.5 Å². The molecule has 1 aliphatic heterocycles. The van der Waals surface area contributed by atoms with Gasteiger partial charge in [-0.05, 0) is 50.4 Å². The number of anilines is 1. The lowest BCUT2D eigenvalue weighted by Crippen LogP contribution is -2.34. The summed E-state index contributed by atoms with van der Waals surface area (Å²) in [5, 5.41) is 8.37. The maximum Gasteiger partial charge on any atom is 0.228 e. The second kappa shape index (κ2) is 6.88. The van der Waals surface area contributed by atoms with Gasteiger partial charge >= 0.3 is 0 Å². The minimum absolute atomic E-state index is 0.0664. The molecule has 6 nitrogen and oxygen atoms in total. The fourth-order valence-corrected chi connectivity index (χ4v) is 3.45. The highest BCUT2D eigenvalue weighted by molar-refractivity contribution is 5.95. The molecule has 1 aliphatic rings. The molecule has 0 aliphatic carbocycles. The summed E-state index contributed by atoms with van der Waals surface area (Å²) in [5.41, 5.74) is 2.17. The number of pyridine rings is 1. The topological polar surface area (TPSA) is 71.8 Å². The fraction of sp³-hybridized carbons (Fsp3) is 0.350. The van der Waals surface area contributed by atoms with E-state index in [1.165, 1.54) is 0 Å². The monoisotopic (exact) mass is 349 g/mol. The lowest BCUT2D eigenvalue weighted by atomic mass is 9.97. The first kappa shape index (κ1) is 16.7. The van der Waals surface area contributed by atoms with E-state index in [2.05, 4.69) is 43.4 Å². The number of aryl methyl sites for hydroxylation is 1. The molecule has 1 amide bonds. The van der Waals surface area contributed by atoms with Gasteiger partial charge < -0.3 is 15.2 Å². The summed E-state index contributed by atoms with van der Waals surface area (Å²) < 4.78 is 2.07. The summed E-state index contributed by atoms with van der Waals surface area (Å²) in [4.78, 5) is 21.2. The third-order valence-corrected chi connectivity index (χ3v) is 5.20. The molecule has 0 saturated carbocycles. The van der Waals surface area contributed by atoms with Crippen LogP contribution in [0.25, 0.3) is 22.0 Å². The number of benzene rings is 1. The number of hydrogen-bond donors (Lipinski definition) is 2. The minimum Gasteiger partial charge on any atom is -0.331 e. The lowest BCUT2D eigenvalue weighted by molar-refractivity contribution is -0.120. The first-order valence-corrected chi connectivity index (χ1v) is 9.02. The van der Waals surface area contributed by atoms with Crippen LogP contribution in [0.1, 0.15) is 18.7 Å². The van der Waals surface area contributed by atoms with E-state index in [0.717, 1.165) is 53.8 Å². The van der Waals surface area contributed by atoms with Crippen LogP contribution in [0.15, 0.2) is 36.7 Å². The molecule has 0 spiro atoms. The summed E-state index contributed by atoms with van der Waals surface area (Å²) in [5.74, 6) is 1.72. The summed E-state index contributed by atoms with van der Waals surface area (Å²) in [6.45, 7) is 3.79. The zero-order valence-electron chi connectivity index (χ0n) is 15.1.